The predicted octanol–water partition coefficient (Wildman–Crippen LogP) is 2.70. The minimum atomic E-state index is 0. The van der Waals surface area contributed by atoms with E-state index >= 15 is 0 Å². The van der Waals surface area contributed by atoms with Crippen molar-refractivity contribution in [1.29, 1.82) is 0 Å². The first-order valence-corrected chi connectivity index (χ1v) is 7.64. The third-order valence-electron chi connectivity index (χ3n) is 3.59. The van der Waals surface area contributed by atoms with Crippen LogP contribution in [0.15, 0.2) is 18.2 Å². The molecule has 0 spiro atoms. The van der Waals surface area contributed by atoms with Crippen LogP contribution in [0.3, 0.4) is 0 Å². The summed E-state index contributed by atoms with van der Waals surface area (Å²) in [7, 11) is 0. The van der Waals surface area contributed by atoms with Crippen LogP contribution in [0.1, 0.15) is 28.8 Å². The largest absolute Gasteiger partial charge is 0.384 e. The second-order valence-electron chi connectivity index (χ2n) is 4.89. The number of carbonyl (C=O) groups is 1. The number of benzene rings is 1. The van der Waals surface area contributed by atoms with Gasteiger partial charge in [-0.2, -0.15) is 11.8 Å². The molecule has 0 radical (unpaired) electrons. The van der Waals surface area contributed by atoms with Crippen molar-refractivity contribution in [2.75, 3.05) is 24.2 Å². The third-order valence-corrected chi connectivity index (χ3v) is 4.99. The van der Waals surface area contributed by atoms with Crippen molar-refractivity contribution in [1.82, 2.24) is 5.32 Å². The van der Waals surface area contributed by atoms with E-state index in [1.807, 2.05) is 30.0 Å². The lowest BCUT2D eigenvalue weighted by Crippen LogP contribution is -2.29. The van der Waals surface area contributed by atoms with Gasteiger partial charge in [-0.15, -0.1) is 12.4 Å². The van der Waals surface area contributed by atoms with Crippen LogP contribution in [-0.2, 0) is 6.42 Å². The van der Waals surface area contributed by atoms with Crippen molar-refractivity contribution < 1.29 is 4.79 Å². The second kappa shape index (κ2) is 6.53. The average molecular weight is 299 g/mol. The number of thioether (sulfide) groups is 1. The highest BCUT2D eigenvalue weighted by molar-refractivity contribution is 8.00. The second-order valence-corrected chi connectivity index (χ2v) is 6.30. The van der Waals surface area contributed by atoms with Crippen molar-refractivity contribution in [2.45, 2.75) is 24.5 Å². The zero-order chi connectivity index (χ0) is 12.4. The number of rotatable bonds is 3. The lowest BCUT2D eigenvalue weighted by atomic mass is 10.1. The molecule has 1 atom stereocenters. The monoisotopic (exact) mass is 298 g/mol. The van der Waals surface area contributed by atoms with Crippen molar-refractivity contribution in [3.63, 3.8) is 0 Å². The van der Waals surface area contributed by atoms with E-state index in [0.29, 0.717) is 5.25 Å². The van der Waals surface area contributed by atoms with Gasteiger partial charge in [-0.05, 0) is 48.8 Å². The van der Waals surface area contributed by atoms with Crippen LogP contribution < -0.4 is 10.6 Å². The SMILES string of the molecule is Cl.O=C(NCC1CCCS1)c1ccc2c(c1)CCN2. The Kier molecular flexibility index (Phi) is 4.99. The lowest BCUT2D eigenvalue weighted by Gasteiger charge is -2.10. The Morgan fingerprint density at radius 3 is 3.16 bits per heavy atom. The predicted molar refractivity (Wildman–Crippen MR) is 83.7 cm³/mol. The van der Waals surface area contributed by atoms with Crippen LogP contribution in [0.4, 0.5) is 5.69 Å². The molecule has 19 heavy (non-hydrogen) atoms. The van der Waals surface area contributed by atoms with Gasteiger partial charge >= 0.3 is 0 Å². The molecule has 0 aromatic heterocycles. The van der Waals surface area contributed by atoms with Crippen LogP contribution in [0.2, 0.25) is 0 Å². The molecule has 3 rings (SSSR count). The van der Waals surface area contributed by atoms with Gasteiger partial charge in [-0.3, -0.25) is 4.79 Å². The Hall–Kier alpha value is -0.870. The molecule has 0 bridgehead atoms. The number of amides is 1. The molecule has 1 fully saturated rings. The van der Waals surface area contributed by atoms with E-state index in [2.05, 4.69) is 10.6 Å². The fourth-order valence-electron chi connectivity index (χ4n) is 2.56. The Balaban J connectivity index is 0.00000133. The maximum atomic E-state index is 12.1. The number of halogens is 1. The van der Waals surface area contributed by atoms with Gasteiger partial charge in [-0.1, -0.05) is 0 Å². The Bertz CT molecular complexity index is 461. The standard InChI is InChI=1S/C14H18N2OS.ClH/c17-14(16-9-12-2-1-7-18-12)11-3-4-13-10(8-11)5-6-15-13;/h3-4,8,12,15H,1-2,5-7,9H2,(H,16,17);1H. The zero-order valence-electron chi connectivity index (χ0n) is 10.8. The number of nitrogens with one attached hydrogen (secondary N) is 2. The summed E-state index contributed by atoms with van der Waals surface area (Å²) in [6, 6.07) is 5.95. The molecule has 1 aromatic rings. The van der Waals surface area contributed by atoms with E-state index < -0.39 is 0 Å². The number of fused-ring (bicyclic) bond motifs is 1. The number of hydrogen-bond acceptors (Lipinski definition) is 3. The van der Waals surface area contributed by atoms with E-state index in [9.17, 15) is 4.79 Å². The van der Waals surface area contributed by atoms with E-state index in [4.69, 9.17) is 0 Å². The Morgan fingerprint density at radius 1 is 1.47 bits per heavy atom. The molecule has 0 saturated carbocycles. The molecule has 1 amide bonds. The van der Waals surface area contributed by atoms with Gasteiger partial charge in [0.25, 0.3) is 5.91 Å². The first-order valence-electron chi connectivity index (χ1n) is 6.59. The van der Waals surface area contributed by atoms with Crippen LogP contribution in [0.25, 0.3) is 0 Å². The minimum Gasteiger partial charge on any atom is -0.384 e. The summed E-state index contributed by atoms with van der Waals surface area (Å²) < 4.78 is 0. The molecule has 3 nitrogen and oxygen atoms in total. The van der Waals surface area contributed by atoms with E-state index in [0.717, 1.165) is 25.1 Å². The maximum Gasteiger partial charge on any atom is 0.251 e. The van der Waals surface area contributed by atoms with Crippen molar-refractivity contribution in [3.05, 3.63) is 29.3 Å². The van der Waals surface area contributed by atoms with Crippen LogP contribution in [0.5, 0.6) is 0 Å². The van der Waals surface area contributed by atoms with Crippen molar-refractivity contribution in [2.24, 2.45) is 0 Å². The molecule has 2 aliphatic heterocycles. The minimum absolute atomic E-state index is 0. The molecule has 2 aliphatic rings. The molecular formula is C14H19ClN2OS. The normalized spacial score (nSPS) is 20.3. The summed E-state index contributed by atoms with van der Waals surface area (Å²) in [6.07, 6.45) is 3.55. The van der Waals surface area contributed by atoms with E-state index in [-0.39, 0.29) is 18.3 Å². The fraction of sp³-hybridized carbons (Fsp3) is 0.500. The molecule has 5 heteroatoms. The number of hydrogen-bond donors (Lipinski definition) is 2. The lowest BCUT2D eigenvalue weighted by molar-refractivity contribution is 0.0953. The molecular weight excluding hydrogens is 280 g/mol. The summed E-state index contributed by atoms with van der Waals surface area (Å²) in [6.45, 7) is 1.79. The zero-order valence-corrected chi connectivity index (χ0v) is 12.4. The highest BCUT2D eigenvalue weighted by Crippen LogP contribution is 2.26. The van der Waals surface area contributed by atoms with Gasteiger partial charge in [0.15, 0.2) is 0 Å². The summed E-state index contributed by atoms with van der Waals surface area (Å²) in [5, 5.41) is 6.98. The van der Waals surface area contributed by atoms with Crippen LogP contribution in [-0.4, -0.2) is 30.0 Å². The topological polar surface area (TPSA) is 41.1 Å². The molecule has 104 valence electrons. The summed E-state index contributed by atoms with van der Waals surface area (Å²) in [4.78, 5) is 12.1. The Morgan fingerprint density at radius 2 is 2.37 bits per heavy atom. The molecule has 0 aliphatic carbocycles. The van der Waals surface area contributed by atoms with E-state index in [1.54, 1.807) is 0 Å². The van der Waals surface area contributed by atoms with Gasteiger partial charge in [0, 0.05) is 29.6 Å². The van der Waals surface area contributed by atoms with Gasteiger partial charge in [-0.25, -0.2) is 0 Å². The van der Waals surface area contributed by atoms with Gasteiger partial charge in [0.2, 0.25) is 0 Å². The first-order chi connectivity index (χ1) is 8.83. The molecule has 2 N–H and O–H groups in total. The molecule has 2 heterocycles. The third kappa shape index (κ3) is 3.37. The van der Waals surface area contributed by atoms with Crippen LogP contribution in [0, 0.1) is 0 Å². The van der Waals surface area contributed by atoms with Gasteiger partial charge in [0.05, 0.1) is 0 Å². The van der Waals surface area contributed by atoms with Gasteiger partial charge in [0.1, 0.15) is 0 Å². The van der Waals surface area contributed by atoms with Gasteiger partial charge < -0.3 is 10.6 Å². The van der Waals surface area contributed by atoms with Crippen molar-refractivity contribution in [3.8, 4) is 0 Å². The molecule has 1 aromatic carbocycles. The highest BCUT2D eigenvalue weighted by Gasteiger charge is 2.17. The summed E-state index contributed by atoms with van der Waals surface area (Å²) >= 11 is 1.97. The first kappa shape index (κ1) is 14.5. The van der Waals surface area contributed by atoms with E-state index in [1.165, 1.54) is 29.8 Å². The number of carbonyl (C=O) groups excluding carboxylic acids is 1. The fourth-order valence-corrected chi connectivity index (χ4v) is 3.76. The van der Waals surface area contributed by atoms with Crippen LogP contribution >= 0.6 is 24.2 Å². The summed E-state index contributed by atoms with van der Waals surface area (Å²) in [5.41, 5.74) is 3.23. The smallest absolute Gasteiger partial charge is 0.251 e. The average Bonchev–Trinajstić information content (AvgIpc) is 3.05. The maximum absolute atomic E-state index is 12.1. The number of anilines is 1. The van der Waals surface area contributed by atoms with Crippen molar-refractivity contribution >= 4 is 35.8 Å². The summed E-state index contributed by atoms with van der Waals surface area (Å²) in [5.74, 6) is 1.31. The highest BCUT2D eigenvalue weighted by atomic mass is 35.5. The Labute approximate surface area is 124 Å². The quantitative estimate of drug-likeness (QED) is 0.901. The molecule has 1 saturated heterocycles. The molecule has 1 unspecified atom stereocenters.